The van der Waals surface area contributed by atoms with E-state index in [0.29, 0.717) is 11.4 Å². The van der Waals surface area contributed by atoms with E-state index in [-0.39, 0.29) is 12.5 Å². The molecule has 0 spiro atoms. The van der Waals surface area contributed by atoms with Gasteiger partial charge < -0.3 is 21.3 Å². The maximum absolute atomic E-state index is 10.6. The number of anilines is 1. The van der Waals surface area contributed by atoms with Gasteiger partial charge in [0.25, 0.3) is 0 Å². The number of aliphatic hydroxyl groups excluding tert-OH is 2. The highest BCUT2D eigenvalue weighted by molar-refractivity contribution is 5.72. The first kappa shape index (κ1) is 12.4. The second kappa shape index (κ2) is 5.43. The number of nitrogen functional groups attached to an aromatic ring is 1. The van der Waals surface area contributed by atoms with Crippen molar-refractivity contribution < 1.29 is 15.0 Å². The number of nitrogens with zero attached hydrogens (tertiary/aromatic N) is 1. The Morgan fingerprint density at radius 3 is 2.75 bits per heavy atom. The van der Waals surface area contributed by atoms with Crippen LogP contribution in [0.1, 0.15) is 18.7 Å². The molecule has 0 saturated carbocycles. The van der Waals surface area contributed by atoms with Crippen LogP contribution in [0.5, 0.6) is 0 Å². The minimum atomic E-state index is -1.15. The fourth-order valence-corrected chi connectivity index (χ4v) is 1.15. The molecule has 6 nitrogen and oxygen atoms in total. The summed E-state index contributed by atoms with van der Waals surface area (Å²) >= 11 is 0. The maximum Gasteiger partial charge on any atom is 0.216 e. The number of aliphatic hydroxyl groups is 2. The molecule has 1 amide bonds. The highest BCUT2D eigenvalue weighted by atomic mass is 16.3. The normalized spacial score (nSPS) is 14.2. The fourth-order valence-electron chi connectivity index (χ4n) is 1.15. The smallest absolute Gasteiger partial charge is 0.216 e. The first-order chi connectivity index (χ1) is 7.50. The Morgan fingerprint density at radius 1 is 1.56 bits per heavy atom. The summed E-state index contributed by atoms with van der Waals surface area (Å²) < 4.78 is 0. The monoisotopic (exact) mass is 225 g/mol. The molecule has 0 aliphatic carbocycles. The summed E-state index contributed by atoms with van der Waals surface area (Å²) in [7, 11) is 0. The largest absolute Gasteiger partial charge is 0.397 e. The predicted octanol–water partition coefficient (Wildman–Crippen LogP) is -0.806. The first-order valence-electron chi connectivity index (χ1n) is 4.82. The fraction of sp³-hybridized carbons (Fsp3) is 0.400. The zero-order chi connectivity index (χ0) is 12.1. The van der Waals surface area contributed by atoms with Gasteiger partial charge in [0.05, 0.1) is 17.6 Å². The Balaban J connectivity index is 2.59. The lowest BCUT2D eigenvalue weighted by Gasteiger charge is -2.17. The molecule has 1 aromatic rings. The summed E-state index contributed by atoms with van der Waals surface area (Å²) in [6.07, 6.45) is -0.851. The van der Waals surface area contributed by atoms with Crippen LogP contribution in [-0.4, -0.2) is 33.8 Å². The van der Waals surface area contributed by atoms with Crippen molar-refractivity contribution in [3.63, 3.8) is 0 Å². The van der Waals surface area contributed by atoms with Crippen LogP contribution in [-0.2, 0) is 4.79 Å². The van der Waals surface area contributed by atoms with Gasteiger partial charge in [-0.1, -0.05) is 0 Å². The summed E-state index contributed by atoms with van der Waals surface area (Å²) in [6, 6.07) is 3.10. The minimum absolute atomic E-state index is 0.0252. The number of carbonyl (C=O) groups is 1. The molecule has 0 fully saturated rings. The van der Waals surface area contributed by atoms with Crippen molar-refractivity contribution in [3.05, 3.63) is 24.0 Å². The Kier molecular flexibility index (Phi) is 4.21. The number of aromatic nitrogens is 1. The average molecular weight is 225 g/mol. The third-order valence-electron chi connectivity index (χ3n) is 2.04. The average Bonchev–Trinajstić information content (AvgIpc) is 2.26. The summed E-state index contributed by atoms with van der Waals surface area (Å²) in [4.78, 5) is 14.5. The van der Waals surface area contributed by atoms with Gasteiger partial charge in [-0.05, 0) is 12.1 Å². The predicted molar refractivity (Wildman–Crippen MR) is 58.3 cm³/mol. The zero-order valence-electron chi connectivity index (χ0n) is 8.92. The zero-order valence-corrected chi connectivity index (χ0v) is 8.92. The lowest BCUT2D eigenvalue weighted by molar-refractivity contribution is -0.119. The van der Waals surface area contributed by atoms with Gasteiger partial charge in [0, 0.05) is 13.5 Å². The van der Waals surface area contributed by atoms with Gasteiger partial charge in [-0.15, -0.1) is 0 Å². The molecule has 0 aliphatic rings. The standard InChI is InChI=1S/C10H15N3O3/c1-6(14)12-5-9(15)10(16)8-3-2-7(11)4-13-8/h2-4,9-10,15-16H,5,11H2,1H3,(H,12,14). The second-order valence-corrected chi connectivity index (χ2v) is 3.47. The van der Waals surface area contributed by atoms with E-state index in [1.807, 2.05) is 0 Å². The lowest BCUT2D eigenvalue weighted by atomic mass is 10.1. The van der Waals surface area contributed by atoms with E-state index in [1.165, 1.54) is 19.2 Å². The van der Waals surface area contributed by atoms with Gasteiger partial charge in [0.2, 0.25) is 5.91 Å². The molecule has 16 heavy (non-hydrogen) atoms. The van der Waals surface area contributed by atoms with Crippen molar-refractivity contribution in [1.29, 1.82) is 0 Å². The Hall–Kier alpha value is -1.66. The molecule has 2 atom stereocenters. The van der Waals surface area contributed by atoms with Gasteiger partial charge in [-0.2, -0.15) is 0 Å². The Morgan fingerprint density at radius 2 is 2.25 bits per heavy atom. The molecule has 1 heterocycles. The van der Waals surface area contributed by atoms with Gasteiger partial charge in [0.15, 0.2) is 0 Å². The molecule has 0 saturated heterocycles. The van der Waals surface area contributed by atoms with Gasteiger partial charge >= 0.3 is 0 Å². The van der Waals surface area contributed by atoms with E-state index in [2.05, 4.69) is 10.3 Å². The van der Waals surface area contributed by atoms with Crippen LogP contribution in [0.4, 0.5) is 5.69 Å². The highest BCUT2D eigenvalue weighted by Crippen LogP contribution is 2.14. The van der Waals surface area contributed by atoms with Gasteiger partial charge in [0.1, 0.15) is 12.2 Å². The van der Waals surface area contributed by atoms with E-state index in [0.717, 1.165) is 0 Å². The molecule has 0 bridgehead atoms. The van der Waals surface area contributed by atoms with Gasteiger partial charge in [-0.25, -0.2) is 0 Å². The quantitative estimate of drug-likeness (QED) is 0.536. The van der Waals surface area contributed by atoms with Crippen LogP contribution in [0.25, 0.3) is 0 Å². The third kappa shape index (κ3) is 3.48. The topological polar surface area (TPSA) is 108 Å². The molecule has 0 aliphatic heterocycles. The van der Waals surface area contributed by atoms with Crippen LogP contribution in [0.15, 0.2) is 18.3 Å². The summed E-state index contributed by atoms with van der Waals surface area (Å²) in [5.74, 6) is -0.267. The minimum Gasteiger partial charge on any atom is -0.397 e. The van der Waals surface area contributed by atoms with Gasteiger partial charge in [-0.3, -0.25) is 9.78 Å². The summed E-state index contributed by atoms with van der Waals surface area (Å²) in [5.41, 5.74) is 6.23. The van der Waals surface area contributed by atoms with Crippen molar-refractivity contribution in [2.75, 3.05) is 12.3 Å². The number of amides is 1. The van der Waals surface area contributed by atoms with Crippen LogP contribution in [0.2, 0.25) is 0 Å². The molecule has 1 rings (SSSR count). The number of hydrogen-bond acceptors (Lipinski definition) is 5. The number of nitrogens with two attached hydrogens (primary N) is 1. The number of nitrogens with one attached hydrogen (secondary N) is 1. The van der Waals surface area contributed by atoms with Crippen molar-refractivity contribution in [1.82, 2.24) is 10.3 Å². The van der Waals surface area contributed by atoms with E-state index < -0.39 is 12.2 Å². The number of carbonyl (C=O) groups excluding carboxylic acids is 1. The highest BCUT2D eigenvalue weighted by Gasteiger charge is 2.19. The first-order valence-corrected chi connectivity index (χ1v) is 4.82. The van der Waals surface area contributed by atoms with E-state index in [4.69, 9.17) is 5.73 Å². The molecular formula is C10H15N3O3. The van der Waals surface area contributed by atoms with E-state index >= 15 is 0 Å². The Bertz CT molecular complexity index is 353. The SMILES string of the molecule is CC(=O)NCC(O)C(O)c1ccc(N)cn1. The molecule has 0 aromatic carbocycles. The van der Waals surface area contributed by atoms with Crippen LogP contribution < -0.4 is 11.1 Å². The van der Waals surface area contributed by atoms with Crippen molar-refractivity contribution in [2.24, 2.45) is 0 Å². The summed E-state index contributed by atoms with van der Waals surface area (Å²) in [6.45, 7) is 1.31. The molecule has 6 heteroatoms. The van der Waals surface area contributed by atoms with Crippen LogP contribution in [0.3, 0.4) is 0 Å². The summed E-state index contributed by atoms with van der Waals surface area (Å²) in [5, 5.41) is 21.6. The molecular weight excluding hydrogens is 210 g/mol. The molecule has 2 unspecified atom stereocenters. The maximum atomic E-state index is 10.6. The van der Waals surface area contributed by atoms with Crippen LogP contribution in [0, 0.1) is 0 Å². The van der Waals surface area contributed by atoms with Crippen LogP contribution >= 0.6 is 0 Å². The number of hydrogen-bond donors (Lipinski definition) is 4. The van der Waals surface area contributed by atoms with Crippen molar-refractivity contribution >= 4 is 11.6 Å². The molecule has 0 radical (unpaired) electrons. The molecule has 1 aromatic heterocycles. The van der Waals surface area contributed by atoms with E-state index in [1.54, 1.807) is 6.07 Å². The Labute approximate surface area is 93.1 Å². The molecule has 5 N–H and O–H groups in total. The number of pyridine rings is 1. The number of rotatable bonds is 4. The third-order valence-corrected chi connectivity index (χ3v) is 2.04. The van der Waals surface area contributed by atoms with Crippen molar-refractivity contribution in [3.8, 4) is 0 Å². The second-order valence-electron chi connectivity index (χ2n) is 3.47. The van der Waals surface area contributed by atoms with E-state index in [9.17, 15) is 15.0 Å². The molecule has 88 valence electrons. The van der Waals surface area contributed by atoms with Crippen molar-refractivity contribution in [2.45, 2.75) is 19.1 Å². The lowest BCUT2D eigenvalue weighted by Crippen LogP contribution is -2.34.